The van der Waals surface area contributed by atoms with Gasteiger partial charge < -0.3 is 4.42 Å². The Kier molecular flexibility index (Phi) is 2.75. The van der Waals surface area contributed by atoms with E-state index in [2.05, 4.69) is 28.9 Å². The summed E-state index contributed by atoms with van der Waals surface area (Å²) in [5, 5.41) is 0. The first-order valence-corrected chi connectivity index (χ1v) is 4.04. The van der Waals surface area contributed by atoms with Gasteiger partial charge in [-0.1, -0.05) is 13.0 Å². The summed E-state index contributed by atoms with van der Waals surface area (Å²) in [6.07, 6.45) is 5.06. The van der Waals surface area contributed by atoms with E-state index < -0.39 is 0 Å². The molecule has 0 fully saturated rings. The molecule has 10 heavy (non-hydrogen) atoms. The Labute approximate surface area is 68.9 Å². The molecule has 1 nitrogen and oxygen atoms in total. The Morgan fingerprint density at radius 2 is 2.40 bits per heavy atom. The molecule has 0 spiro atoms. The van der Waals surface area contributed by atoms with Crippen molar-refractivity contribution in [1.82, 2.24) is 0 Å². The predicted octanol–water partition coefficient (Wildman–Crippen LogP) is 3.47. The predicted molar refractivity (Wildman–Crippen MR) is 45.7 cm³/mol. The summed E-state index contributed by atoms with van der Waals surface area (Å²) in [5.41, 5.74) is 0. The summed E-state index contributed by atoms with van der Waals surface area (Å²) in [7, 11) is 0. The van der Waals surface area contributed by atoms with Gasteiger partial charge in [0.15, 0.2) is 4.67 Å². The summed E-state index contributed by atoms with van der Waals surface area (Å²) in [5.74, 6) is 0.897. The number of halogens is 1. The number of rotatable bonds is 2. The van der Waals surface area contributed by atoms with Gasteiger partial charge in [0.25, 0.3) is 0 Å². The van der Waals surface area contributed by atoms with Crippen LogP contribution in [0.25, 0.3) is 6.08 Å². The number of hydrogen-bond acceptors (Lipinski definition) is 1. The van der Waals surface area contributed by atoms with Crippen molar-refractivity contribution in [3.63, 3.8) is 0 Å². The molecule has 0 aliphatic carbocycles. The third kappa shape index (κ3) is 2.03. The Bertz CT molecular complexity index is 225. The van der Waals surface area contributed by atoms with Crippen LogP contribution in [-0.4, -0.2) is 0 Å². The molecule has 0 saturated heterocycles. The standard InChI is InChI=1S/C8H9BrO/c1-2-3-4-7-5-6-8(9)10-7/h3-6H,2H2,1H3. The lowest BCUT2D eigenvalue weighted by molar-refractivity contribution is 0.531. The average Bonchev–Trinajstić information content (AvgIpc) is 2.31. The SMILES string of the molecule is CCC=Cc1ccc(Br)o1. The first-order valence-electron chi connectivity index (χ1n) is 3.25. The van der Waals surface area contributed by atoms with E-state index in [1.165, 1.54) is 0 Å². The third-order valence-corrected chi connectivity index (χ3v) is 1.54. The normalized spacial score (nSPS) is 11.0. The van der Waals surface area contributed by atoms with Crippen molar-refractivity contribution in [3.05, 3.63) is 28.6 Å². The summed E-state index contributed by atoms with van der Waals surface area (Å²) in [4.78, 5) is 0. The number of hydrogen-bond donors (Lipinski definition) is 0. The van der Waals surface area contributed by atoms with Crippen molar-refractivity contribution in [2.45, 2.75) is 13.3 Å². The van der Waals surface area contributed by atoms with Crippen LogP contribution in [0.2, 0.25) is 0 Å². The van der Waals surface area contributed by atoms with Gasteiger partial charge in [0, 0.05) is 0 Å². The van der Waals surface area contributed by atoms with Gasteiger partial charge in [-0.05, 0) is 40.6 Å². The molecule has 1 heterocycles. The molecule has 0 atom stereocenters. The Balaban J connectivity index is 2.67. The quantitative estimate of drug-likeness (QED) is 0.713. The second-order valence-electron chi connectivity index (χ2n) is 1.95. The minimum Gasteiger partial charge on any atom is -0.450 e. The van der Waals surface area contributed by atoms with Crippen LogP contribution in [0.5, 0.6) is 0 Å². The maximum Gasteiger partial charge on any atom is 0.169 e. The monoisotopic (exact) mass is 200 g/mol. The maximum absolute atomic E-state index is 5.22. The molecular formula is C8H9BrO. The van der Waals surface area contributed by atoms with Gasteiger partial charge >= 0.3 is 0 Å². The second kappa shape index (κ2) is 3.62. The first-order chi connectivity index (χ1) is 4.83. The van der Waals surface area contributed by atoms with Crippen molar-refractivity contribution in [3.8, 4) is 0 Å². The van der Waals surface area contributed by atoms with Crippen LogP contribution in [0.15, 0.2) is 27.3 Å². The van der Waals surface area contributed by atoms with Gasteiger partial charge in [-0.25, -0.2) is 0 Å². The zero-order valence-corrected chi connectivity index (χ0v) is 7.39. The van der Waals surface area contributed by atoms with Gasteiger partial charge in [-0.15, -0.1) is 0 Å². The van der Waals surface area contributed by atoms with E-state index in [0.29, 0.717) is 0 Å². The lowest BCUT2D eigenvalue weighted by Gasteiger charge is -1.81. The summed E-state index contributed by atoms with van der Waals surface area (Å²) < 4.78 is 6.00. The Hall–Kier alpha value is -0.500. The first kappa shape index (κ1) is 7.61. The highest BCUT2D eigenvalue weighted by Gasteiger charge is 1.91. The zero-order valence-electron chi connectivity index (χ0n) is 5.80. The van der Waals surface area contributed by atoms with Crippen LogP contribution >= 0.6 is 15.9 Å². The minimum absolute atomic E-state index is 0.781. The van der Waals surface area contributed by atoms with E-state index in [-0.39, 0.29) is 0 Å². The molecular weight excluding hydrogens is 192 g/mol. The maximum atomic E-state index is 5.22. The van der Waals surface area contributed by atoms with Crippen LogP contribution in [0.3, 0.4) is 0 Å². The van der Waals surface area contributed by atoms with Gasteiger partial charge in [0.2, 0.25) is 0 Å². The van der Waals surface area contributed by atoms with E-state index in [0.717, 1.165) is 16.9 Å². The van der Waals surface area contributed by atoms with Crippen molar-refractivity contribution < 1.29 is 4.42 Å². The molecule has 0 amide bonds. The van der Waals surface area contributed by atoms with E-state index in [9.17, 15) is 0 Å². The van der Waals surface area contributed by atoms with E-state index >= 15 is 0 Å². The van der Waals surface area contributed by atoms with Gasteiger partial charge in [-0.2, -0.15) is 0 Å². The van der Waals surface area contributed by atoms with Crippen LogP contribution in [-0.2, 0) is 0 Å². The lowest BCUT2D eigenvalue weighted by atomic mass is 10.3. The topological polar surface area (TPSA) is 13.1 Å². The zero-order chi connectivity index (χ0) is 7.40. The van der Waals surface area contributed by atoms with E-state index in [1.54, 1.807) is 0 Å². The molecule has 0 saturated carbocycles. The fourth-order valence-electron chi connectivity index (χ4n) is 0.652. The molecule has 1 aromatic heterocycles. The van der Waals surface area contributed by atoms with Crippen molar-refractivity contribution in [2.75, 3.05) is 0 Å². The van der Waals surface area contributed by atoms with E-state index in [4.69, 9.17) is 4.42 Å². The fraction of sp³-hybridized carbons (Fsp3) is 0.250. The second-order valence-corrected chi connectivity index (χ2v) is 2.73. The molecule has 0 bridgehead atoms. The van der Waals surface area contributed by atoms with Gasteiger partial charge in [0.05, 0.1) is 0 Å². The van der Waals surface area contributed by atoms with Crippen LogP contribution in [0, 0.1) is 0 Å². The lowest BCUT2D eigenvalue weighted by Crippen LogP contribution is -1.58. The van der Waals surface area contributed by atoms with Crippen LogP contribution in [0.1, 0.15) is 19.1 Å². The van der Waals surface area contributed by atoms with Crippen LogP contribution < -0.4 is 0 Å². The largest absolute Gasteiger partial charge is 0.450 e. The summed E-state index contributed by atoms with van der Waals surface area (Å²) >= 11 is 3.22. The third-order valence-electron chi connectivity index (χ3n) is 1.11. The molecule has 0 radical (unpaired) electrons. The molecule has 0 aromatic carbocycles. The molecule has 1 rings (SSSR count). The smallest absolute Gasteiger partial charge is 0.169 e. The van der Waals surface area contributed by atoms with Gasteiger partial charge in [0.1, 0.15) is 5.76 Å². The average molecular weight is 201 g/mol. The van der Waals surface area contributed by atoms with Crippen molar-refractivity contribution in [2.24, 2.45) is 0 Å². The molecule has 54 valence electrons. The molecule has 0 N–H and O–H groups in total. The molecule has 0 unspecified atom stereocenters. The molecule has 1 aromatic rings. The highest BCUT2D eigenvalue weighted by Crippen LogP contribution is 2.14. The minimum atomic E-state index is 0.781. The fourth-order valence-corrected chi connectivity index (χ4v) is 0.971. The Morgan fingerprint density at radius 3 is 2.90 bits per heavy atom. The number of allylic oxidation sites excluding steroid dienone is 1. The summed E-state index contributed by atoms with van der Waals surface area (Å²) in [6.45, 7) is 2.09. The molecule has 2 heteroatoms. The van der Waals surface area contributed by atoms with Gasteiger partial charge in [-0.3, -0.25) is 0 Å². The van der Waals surface area contributed by atoms with Crippen LogP contribution in [0.4, 0.5) is 0 Å². The van der Waals surface area contributed by atoms with Crippen molar-refractivity contribution >= 4 is 22.0 Å². The van der Waals surface area contributed by atoms with Crippen molar-refractivity contribution in [1.29, 1.82) is 0 Å². The Morgan fingerprint density at radius 1 is 1.60 bits per heavy atom. The highest BCUT2D eigenvalue weighted by atomic mass is 79.9. The number of furan rings is 1. The van der Waals surface area contributed by atoms with E-state index in [1.807, 2.05) is 18.2 Å². The molecule has 0 aliphatic rings. The molecule has 0 aliphatic heterocycles. The highest BCUT2D eigenvalue weighted by molar-refractivity contribution is 9.10. The summed E-state index contributed by atoms with van der Waals surface area (Å²) in [6, 6.07) is 3.81.